The minimum Gasteiger partial charge on any atom is -0.462 e. The van der Waals surface area contributed by atoms with Gasteiger partial charge in [0.25, 0.3) is 5.91 Å². The van der Waals surface area contributed by atoms with E-state index in [2.05, 4.69) is 10.4 Å². The number of hydrogen-bond acceptors (Lipinski definition) is 6. The van der Waals surface area contributed by atoms with Crippen molar-refractivity contribution < 1.29 is 19.1 Å². The van der Waals surface area contributed by atoms with Crippen molar-refractivity contribution >= 4 is 34.1 Å². The van der Waals surface area contributed by atoms with Gasteiger partial charge in [-0.15, -0.1) is 11.3 Å². The van der Waals surface area contributed by atoms with E-state index in [4.69, 9.17) is 10.5 Å². The molecule has 0 radical (unpaired) electrons. The number of carbonyl (C=O) groups excluding carboxylic acids is 3. The summed E-state index contributed by atoms with van der Waals surface area (Å²) < 4.78 is 6.82. The van der Waals surface area contributed by atoms with Gasteiger partial charge in [0.05, 0.1) is 23.2 Å². The van der Waals surface area contributed by atoms with Gasteiger partial charge in [0.15, 0.2) is 0 Å². The minimum atomic E-state index is -0.649. The van der Waals surface area contributed by atoms with Crippen molar-refractivity contribution in [3.05, 3.63) is 34.0 Å². The highest BCUT2D eigenvalue weighted by Crippen LogP contribution is 2.33. The van der Waals surface area contributed by atoms with E-state index in [9.17, 15) is 14.4 Å². The van der Waals surface area contributed by atoms with Crippen molar-refractivity contribution in [3.63, 3.8) is 0 Å². The quantitative estimate of drug-likeness (QED) is 0.684. The molecule has 2 amide bonds. The van der Waals surface area contributed by atoms with Crippen LogP contribution in [0, 0.1) is 13.8 Å². The number of amides is 2. The summed E-state index contributed by atoms with van der Waals surface area (Å²) in [5, 5.41) is 7.09. The highest BCUT2D eigenvalue weighted by molar-refractivity contribution is 7.18. The zero-order valence-electron chi connectivity index (χ0n) is 15.0. The molecule has 0 bridgehead atoms. The first-order valence-electron chi connectivity index (χ1n) is 8.22. The maximum absolute atomic E-state index is 12.3. The number of primary amides is 1. The Balaban J connectivity index is 2.15. The fraction of sp³-hybridized carbons (Fsp3) is 0.412. The number of anilines is 1. The Labute approximate surface area is 155 Å². The molecule has 0 saturated carbocycles. The maximum atomic E-state index is 12.3. The van der Waals surface area contributed by atoms with Crippen molar-refractivity contribution in [2.75, 3.05) is 11.9 Å². The number of hydrogen-bond donors (Lipinski definition) is 2. The Kier molecular flexibility index (Phi) is 6.51. The topological polar surface area (TPSA) is 116 Å². The summed E-state index contributed by atoms with van der Waals surface area (Å²) in [4.78, 5) is 36.4. The first-order valence-corrected chi connectivity index (χ1v) is 9.04. The van der Waals surface area contributed by atoms with E-state index in [1.54, 1.807) is 17.8 Å². The molecule has 2 rings (SSSR count). The number of nitrogens with one attached hydrogen (secondary N) is 1. The van der Waals surface area contributed by atoms with Gasteiger partial charge >= 0.3 is 5.97 Å². The van der Waals surface area contributed by atoms with Crippen LogP contribution >= 0.6 is 11.3 Å². The average Bonchev–Trinajstić information content (AvgIpc) is 3.14. The van der Waals surface area contributed by atoms with Crippen LogP contribution in [0.15, 0.2) is 12.4 Å². The second kappa shape index (κ2) is 8.61. The van der Waals surface area contributed by atoms with Gasteiger partial charge in [0.1, 0.15) is 5.00 Å². The van der Waals surface area contributed by atoms with E-state index in [1.807, 2.05) is 20.0 Å². The van der Waals surface area contributed by atoms with Crippen molar-refractivity contribution in [1.82, 2.24) is 9.78 Å². The van der Waals surface area contributed by atoms with Gasteiger partial charge in [-0.3, -0.25) is 14.3 Å². The molecule has 0 spiro atoms. The van der Waals surface area contributed by atoms with Gasteiger partial charge in [0.2, 0.25) is 5.91 Å². The molecule has 0 fully saturated rings. The molecule has 2 heterocycles. The van der Waals surface area contributed by atoms with E-state index < -0.39 is 11.9 Å². The lowest BCUT2D eigenvalue weighted by atomic mass is 10.1. The standard InChI is InChI=1S/C17H22N4O4S/c1-4-7-25-17(24)13-11(3)14(15(18)23)26-16(13)20-12(22)5-6-21-9-10(2)8-19-21/h8-9H,4-7H2,1-3H3,(H2,18,23)(H,20,22). The molecule has 0 aromatic carbocycles. The molecule has 0 unspecified atom stereocenters. The molecule has 0 atom stereocenters. The van der Waals surface area contributed by atoms with E-state index >= 15 is 0 Å². The molecular weight excluding hydrogens is 356 g/mol. The average molecular weight is 378 g/mol. The monoisotopic (exact) mass is 378 g/mol. The zero-order chi connectivity index (χ0) is 19.3. The van der Waals surface area contributed by atoms with Gasteiger partial charge in [0, 0.05) is 19.2 Å². The number of nitrogens with zero attached hydrogens (tertiary/aromatic N) is 2. The second-order valence-corrected chi connectivity index (χ2v) is 6.86. The molecule has 0 aliphatic carbocycles. The summed E-state index contributed by atoms with van der Waals surface area (Å²) in [6.45, 7) is 6.06. The zero-order valence-corrected chi connectivity index (χ0v) is 15.8. The highest BCUT2D eigenvalue weighted by atomic mass is 32.1. The predicted octanol–water partition coefficient (Wildman–Crippen LogP) is 2.26. The summed E-state index contributed by atoms with van der Waals surface area (Å²) in [5.74, 6) is -1.52. The van der Waals surface area contributed by atoms with Crippen LogP contribution in [0.25, 0.3) is 0 Å². The van der Waals surface area contributed by atoms with Crippen LogP contribution in [0.2, 0.25) is 0 Å². The molecule has 0 saturated heterocycles. The lowest BCUT2D eigenvalue weighted by Crippen LogP contribution is -2.17. The SMILES string of the molecule is CCCOC(=O)c1c(NC(=O)CCn2cc(C)cn2)sc(C(N)=O)c1C. The number of carbonyl (C=O) groups is 3. The lowest BCUT2D eigenvalue weighted by molar-refractivity contribution is -0.116. The van der Waals surface area contributed by atoms with Crippen LogP contribution in [-0.2, 0) is 16.1 Å². The van der Waals surface area contributed by atoms with Crippen molar-refractivity contribution in [3.8, 4) is 0 Å². The molecule has 2 aromatic rings. The Bertz CT molecular complexity index is 825. The number of nitrogens with two attached hydrogens (primary N) is 1. The van der Waals surface area contributed by atoms with Gasteiger partial charge in [-0.2, -0.15) is 5.10 Å². The summed E-state index contributed by atoms with van der Waals surface area (Å²) in [6.07, 6.45) is 4.39. The highest BCUT2D eigenvalue weighted by Gasteiger charge is 2.25. The molecule has 26 heavy (non-hydrogen) atoms. The van der Waals surface area contributed by atoms with E-state index in [0.717, 1.165) is 16.9 Å². The molecule has 9 heteroatoms. The molecule has 0 aliphatic heterocycles. The summed E-state index contributed by atoms with van der Waals surface area (Å²) in [7, 11) is 0. The number of aromatic nitrogens is 2. The molecule has 8 nitrogen and oxygen atoms in total. The number of ether oxygens (including phenoxy) is 1. The van der Waals surface area contributed by atoms with E-state index in [0.29, 0.717) is 18.5 Å². The Hall–Kier alpha value is -2.68. The van der Waals surface area contributed by atoms with Crippen LogP contribution in [0.4, 0.5) is 5.00 Å². The maximum Gasteiger partial charge on any atom is 0.341 e. The van der Waals surface area contributed by atoms with Crippen molar-refractivity contribution in [2.45, 2.75) is 40.2 Å². The number of rotatable bonds is 8. The third-order valence-electron chi connectivity index (χ3n) is 3.60. The number of esters is 1. The molecule has 2 aromatic heterocycles. The second-order valence-electron chi connectivity index (χ2n) is 5.84. The van der Waals surface area contributed by atoms with Crippen LogP contribution in [-0.4, -0.2) is 34.2 Å². The molecule has 140 valence electrons. The predicted molar refractivity (Wildman–Crippen MR) is 98.4 cm³/mol. The van der Waals surface area contributed by atoms with Gasteiger partial charge in [-0.1, -0.05) is 6.92 Å². The Morgan fingerprint density at radius 1 is 1.35 bits per heavy atom. The van der Waals surface area contributed by atoms with Crippen LogP contribution in [0.3, 0.4) is 0 Å². The van der Waals surface area contributed by atoms with Gasteiger partial charge in [-0.25, -0.2) is 4.79 Å². The molecule has 0 aliphatic rings. The smallest absolute Gasteiger partial charge is 0.341 e. The number of thiophene rings is 1. The van der Waals surface area contributed by atoms with E-state index in [1.165, 1.54) is 0 Å². The first kappa shape index (κ1) is 19.6. The third-order valence-corrected chi connectivity index (χ3v) is 4.82. The Morgan fingerprint density at radius 2 is 2.08 bits per heavy atom. The molecule has 3 N–H and O–H groups in total. The summed E-state index contributed by atoms with van der Waals surface area (Å²) >= 11 is 0.980. The van der Waals surface area contributed by atoms with Crippen LogP contribution < -0.4 is 11.1 Å². The minimum absolute atomic E-state index is 0.174. The van der Waals surface area contributed by atoms with Crippen molar-refractivity contribution in [1.29, 1.82) is 0 Å². The summed E-state index contributed by atoms with van der Waals surface area (Å²) in [6, 6.07) is 0. The van der Waals surface area contributed by atoms with Gasteiger partial charge < -0.3 is 15.8 Å². The summed E-state index contributed by atoms with van der Waals surface area (Å²) in [5.41, 5.74) is 6.97. The molecular formula is C17H22N4O4S. The lowest BCUT2D eigenvalue weighted by Gasteiger charge is -2.08. The number of aryl methyl sites for hydroxylation is 2. The normalized spacial score (nSPS) is 10.6. The fourth-order valence-corrected chi connectivity index (χ4v) is 3.41. The van der Waals surface area contributed by atoms with E-state index in [-0.39, 0.29) is 34.4 Å². The largest absolute Gasteiger partial charge is 0.462 e. The fourth-order valence-electron chi connectivity index (χ4n) is 2.34. The van der Waals surface area contributed by atoms with Gasteiger partial charge in [-0.05, 0) is 31.4 Å². The Morgan fingerprint density at radius 3 is 2.65 bits per heavy atom. The van der Waals surface area contributed by atoms with Crippen molar-refractivity contribution in [2.24, 2.45) is 5.73 Å². The first-order chi connectivity index (χ1) is 12.3. The van der Waals surface area contributed by atoms with Crippen LogP contribution in [0.5, 0.6) is 0 Å². The van der Waals surface area contributed by atoms with Crippen LogP contribution in [0.1, 0.15) is 50.9 Å². The third kappa shape index (κ3) is 4.69.